The molecule has 0 saturated carbocycles. The fourth-order valence-corrected chi connectivity index (χ4v) is 2.50. The molecule has 1 aromatic carbocycles. The number of nitrogens with one attached hydrogen (secondary N) is 1. The topological polar surface area (TPSA) is 21.3 Å². The van der Waals surface area contributed by atoms with Crippen LogP contribution in [0.15, 0.2) is 22.7 Å². The Kier molecular flexibility index (Phi) is 7.91. The van der Waals surface area contributed by atoms with E-state index in [9.17, 15) is 0 Å². The lowest BCUT2D eigenvalue weighted by Crippen LogP contribution is -2.36. The molecule has 0 bridgehead atoms. The molecule has 0 aromatic heterocycles. The highest BCUT2D eigenvalue weighted by Crippen LogP contribution is 2.22. The third-order valence-corrected chi connectivity index (χ3v) is 3.53. The maximum Gasteiger partial charge on any atom is 0.0622 e. The maximum atomic E-state index is 6.24. The summed E-state index contributed by atoms with van der Waals surface area (Å²) in [4.78, 5) is 0. The third-order valence-electron chi connectivity index (χ3n) is 2.69. The number of rotatable bonds is 8. The van der Waals surface area contributed by atoms with Crippen LogP contribution in [0.4, 0.5) is 0 Å². The van der Waals surface area contributed by atoms with Crippen molar-refractivity contribution in [2.24, 2.45) is 0 Å². The molecule has 0 heterocycles. The van der Waals surface area contributed by atoms with Gasteiger partial charge in [-0.25, -0.2) is 0 Å². The molecule has 102 valence electrons. The fourth-order valence-electron chi connectivity index (χ4n) is 1.75. The van der Waals surface area contributed by atoms with Gasteiger partial charge in [-0.15, -0.1) is 0 Å². The van der Waals surface area contributed by atoms with Gasteiger partial charge in [0.05, 0.1) is 6.61 Å². The molecule has 1 N–H and O–H groups in total. The van der Waals surface area contributed by atoms with E-state index >= 15 is 0 Å². The predicted molar refractivity (Wildman–Crippen MR) is 81.4 cm³/mol. The average molecular weight is 335 g/mol. The molecule has 0 amide bonds. The zero-order valence-electron chi connectivity index (χ0n) is 11.0. The van der Waals surface area contributed by atoms with Crippen molar-refractivity contribution in [3.8, 4) is 0 Å². The summed E-state index contributed by atoms with van der Waals surface area (Å²) in [6, 6.07) is 6.36. The Morgan fingerprint density at radius 2 is 2.17 bits per heavy atom. The molecule has 0 aliphatic carbocycles. The second-order valence-corrected chi connectivity index (χ2v) is 5.57. The van der Waals surface area contributed by atoms with E-state index in [1.54, 1.807) is 0 Å². The Labute approximate surface area is 123 Å². The first-order valence-electron chi connectivity index (χ1n) is 6.42. The van der Waals surface area contributed by atoms with Gasteiger partial charge >= 0.3 is 0 Å². The monoisotopic (exact) mass is 333 g/mol. The molecule has 0 spiro atoms. The normalized spacial score (nSPS) is 12.7. The van der Waals surface area contributed by atoms with Crippen molar-refractivity contribution in [3.05, 3.63) is 33.3 Å². The summed E-state index contributed by atoms with van der Waals surface area (Å²) in [5.74, 6) is 0. The lowest BCUT2D eigenvalue weighted by atomic mass is 10.1. The van der Waals surface area contributed by atoms with Gasteiger partial charge in [0.1, 0.15) is 0 Å². The molecule has 2 nitrogen and oxygen atoms in total. The van der Waals surface area contributed by atoms with Gasteiger partial charge in [-0.3, -0.25) is 0 Å². The van der Waals surface area contributed by atoms with Crippen LogP contribution in [0, 0.1) is 0 Å². The van der Waals surface area contributed by atoms with E-state index in [2.05, 4.69) is 34.2 Å². The first-order chi connectivity index (χ1) is 8.67. The van der Waals surface area contributed by atoms with Crippen LogP contribution in [0.5, 0.6) is 0 Å². The summed E-state index contributed by atoms with van der Waals surface area (Å²) in [5.41, 5.74) is 1.16. The molecule has 0 aliphatic heterocycles. The number of hydrogen-bond acceptors (Lipinski definition) is 2. The average Bonchev–Trinajstić information content (AvgIpc) is 2.35. The second-order valence-electron chi connectivity index (χ2n) is 4.25. The Bertz CT molecular complexity index is 352. The number of halogens is 2. The minimum Gasteiger partial charge on any atom is -0.380 e. The van der Waals surface area contributed by atoms with Crippen molar-refractivity contribution in [1.29, 1.82) is 0 Å². The van der Waals surface area contributed by atoms with Crippen molar-refractivity contribution >= 4 is 27.5 Å². The van der Waals surface area contributed by atoms with Crippen LogP contribution in [0.3, 0.4) is 0 Å². The van der Waals surface area contributed by atoms with Crippen LogP contribution in [0.2, 0.25) is 5.02 Å². The van der Waals surface area contributed by atoms with Gasteiger partial charge in [-0.1, -0.05) is 40.5 Å². The quantitative estimate of drug-likeness (QED) is 0.774. The summed E-state index contributed by atoms with van der Waals surface area (Å²) in [6.45, 7) is 6.66. The van der Waals surface area contributed by atoms with Crippen molar-refractivity contribution in [1.82, 2.24) is 5.32 Å². The van der Waals surface area contributed by atoms with Gasteiger partial charge in [0.2, 0.25) is 0 Å². The van der Waals surface area contributed by atoms with Crippen molar-refractivity contribution in [3.63, 3.8) is 0 Å². The standard InChI is InChI=1S/C14H21BrClNO/c1-3-7-17-13(10-18-4-2)8-11-5-6-12(15)9-14(11)16/h5-6,9,13,17H,3-4,7-8,10H2,1-2H3. The van der Waals surface area contributed by atoms with Crippen molar-refractivity contribution < 1.29 is 4.74 Å². The minimum atomic E-state index is 0.323. The smallest absolute Gasteiger partial charge is 0.0622 e. The minimum absolute atomic E-state index is 0.323. The highest BCUT2D eigenvalue weighted by molar-refractivity contribution is 9.10. The lowest BCUT2D eigenvalue weighted by molar-refractivity contribution is 0.122. The Morgan fingerprint density at radius 3 is 2.78 bits per heavy atom. The summed E-state index contributed by atoms with van der Waals surface area (Å²) >= 11 is 9.66. The first-order valence-corrected chi connectivity index (χ1v) is 7.59. The lowest BCUT2D eigenvalue weighted by Gasteiger charge is -2.19. The first kappa shape index (κ1) is 16.0. The fraction of sp³-hybridized carbons (Fsp3) is 0.571. The van der Waals surface area contributed by atoms with Gasteiger partial charge in [0, 0.05) is 22.1 Å². The van der Waals surface area contributed by atoms with E-state index in [1.807, 2.05) is 19.1 Å². The molecule has 0 saturated heterocycles. The molecule has 1 atom stereocenters. The van der Waals surface area contributed by atoms with E-state index in [0.29, 0.717) is 6.04 Å². The molecule has 4 heteroatoms. The third kappa shape index (κ3) is 5.70. The zero-order valence-corrected chi connectivity index (χ0v) is 13.4. The SMILES string of the molecule is CCCNC(COCC)Cc1ccc(Br)cc1Cl. The summed E-state index contributed by atoms with van der Waals surface area (Å²) < 4.78 is 6.53. The van der Waals surface area contributed by atoms with Crippen LogP contribution in [-0.2, 0) is 11.2 Å². The predicted octanol–water partition coefficient (Wildman–Crippen LogP) is 4.05. The van der Waals surface area contributed by atoms with Gasteiger partial charge in [-0.05, 0) is 44.0 Å². The maximum absolute atomic E-state index is 6.24. The number of benzene rings is 1. The highest BCUT2D eigenvalue weighted by atomic mass is 79.9. The molecular formula is C14H21BrClNO. The molecule has 1 unspecified atom stereocenters. The van der Waals surface area contributed by atoms with Crippen LogP contribution < -0.4 is 5.32 Å². The van der Waals surface area contributed by atoms with Crippen LogP contribution >= 0.6 is 27.5 Å². The van der Waals surface area contributed by atoms with Crippen molar-refractivity contribution in [2.45, 2.75) is 32.7 Å². The largest absolute Gasteiger partial charge is 0.380 e. The van der Waals surface area contributed by atoms with E-state index < -0.39 is 0 Å². The summed E-state index contributed by atoms with van der Waals surface area (Å²) in [6.07, 6.45) is 2.02. The Morgan fingerprint density at radius 1 is 1.39 bits per heavy atom. The van der Waals surface area contributed by atoms with E-state index in [4.69, 9.17) is 16.3 Å². The van der Waals surface area contributed by atoms with Crippen LogP contribution in [0.1, 0.15) is 25.8 Å². The van der Waals surface area contributed by atoms with E-state index in [0.717, 1.165) is 47.7 Å². The van der Waals surface area contributed by atoms with Gasteiger partial charge in [0.25, 0.3) is 0 Å². The zero-order chi connectivity index (χ0) is 13.4. The molecule has 1 rings (SSSR count). The van der Waals surface area contributed by atoms with Crippen molar-refractivity contribution in [2.75, 3.05) is 19.8 Å². The van der Waals surface area contributed by atoms with Crippen LogP contribution in [0.25, 0.3) is 0 Å². The van der Waals surface area contributed by atoms with Crippen LogP contribution in [-0.4, -0.2) is 25.8 Å². The summed E-state index contributed by atoms with van der Waals surface area (Å²) in [7, 11) is 0. The molecule has 18 heavy (non-hydrogen) atoms. The number of ether oxygens (including phenoxy) is 1. The molecule has 0 fully saturated rings. The van der Waals surface area contributed by atoms with Gasteiger partial charge in [0.15, 0.2) is 0 Å². The summed E-state index contributed by atoms with van der Waals surface area (Å²) in [5, 5.41) is 4.31. The van der Waals surface area contributed by atoms with Gasteiger partial charge < -0.3 is 10.1 Å². The Hall–Kier alpha value is -0.0900. The van der Waals surface area contributed by atoms with Gasteiger partial charge in [-0.2, -0.15) is 0 Å². The highest BCUT2D eigenvalue weighted by Gasteiger charge is 2.11. The Balaban J connectivity index is 2.62. The number of hydrogen-bond donors (Lipinski definition) is 1. The molecule has 1 aromatic rings. The van der Waals surface area contributed by atoms with E-state index in [1.165, 1.54) is 0 Å². The molecule has 0 aliphatic rings. The van der Waals surface area contributed by atoms with E-state index in [-0.39, 0.29) is 0 Å². The second kappa shape index (κ2) is 8.92. The molecule has 0 radical (unpaired) electrons. The molecular weight excluding hydrogens is 314 g/mol.